The third-order valence-electron chi connectivity index (χ3n) is 6.32. The van der Waals surface area contributed by atoms with Crippen LogP contribution in [0, 0.1) is 5.92 Å². The maximum atomic E-state index is 12.2. The Kier molecular flexibility index (Phi) is 4.96. The van der Waals surface area contributed by atoms with Gasteiger partial charge < -0.3 is 10.3 Å². The maximum absolute atomic E-state index is 12.2. The zero-order valence-electron chi connectivity index (χ0n) is 16.5. The molecule has 5 heteroatoms. The number of nitrogens with zero attached hydrogens (tertiary/aromatic N) is 1. The highest BCUT2D eigenvalue weighted by Gasteiger charge is 2.21. The van der Waals surface area contributed by atoms with E-state index < -0.39 is 5.91 Å². The molecule has 1 aromatic heterocycles. The maximum Gasteiger partial charge on any atom is 0.249 e. The second-order valence-electron chi connectivity index (χ2n) is 8.15. The molecule has 30 heavy (non-hydrogen) atoms. The molecule has 0 bridgehead atoms. The lowest BCUT2D eigenvalue weighted by Crippen LogP contribution is -2.11. The fraction of sp³-hybridized carbons (Fsp3) is 0.240. The van der Waals surface area contributed by atoms with Crippen LogP contribution in [0.4, 0.5) is 0 Å². The van der Waals surface area contributed by atoms with Gasteiger partial charge in [0.05, 0.1) is 0 Å². The number of fused-ring (bicyclic) bond motifs is 3. The normalized spacial score (nSPS) is 14.7. The molecule has 2 N–H and O–H groups in total. The predicted molar refractivity (Wildman–Crippen MR) is 125 cm³/mol. The van der Waals surface area contributed by atoms with Gasteiger partial charge in [-0.2, -0.15) is 0 Å². The third kappa shape index (κ3) is 3.17. The van der Waals surface area contributed by atoms with Crippen molar-refractivity contribution in [3.05, 3.63) is 70.2 Å². The number of carbonyl (C=O) groups excluding carboxylic acids is 1. The Balaban J connectivity index is 1.80. The van der Waals surface area contributed by atoms with E-state index in [9.17, 15) is 4.79 Å². The Hall–Kier alpha value is -2.49. The molecular formula is C25H22Cl2N2O. The molecule has 1 aliphatic rings. The van der Waals surface area contributed by atoms with Gasteiger partial charge >= 0.3 is 0 Å². The number of amides is 1. The molecular weight excluding hydrogens is 415 g/mol. The first kappa shape index (κ1) is 19.5. The number of carbonyl (C=O) groups is 1. The van der Waals surface area contributed by atoms with Gasteiger partial charge in [0.2, 0.25) is 5.91 Å². The van der Waals surface area contributed by atoms with Crippen molar-refractivity contribution in [2.24, 2.45) is 11.7 Å². The summed E-state index contributed by atoms with van der Waals surface area (Å²) in [5, 5.41) is 3.20. The number of rotatable bonds is 4. The zero-order chi connectivity index (χ0) is 20.8. The Bertz CT molecular complexity index is 1270. The van der Waals surface area contributed by atoms with E-state index in [1.807, 2.05) is 36.4 Å². The number of halogens is 2. The molecule has 3 nitrogen and oxygen atoms in total. The highest BCUT2D eigenvalue weighted by molar-refractivity contribution is 6.39. The standard InChI is InChI=1S/C25H22Cl2N2O/c26-19-8-4-9-20(27)23(19)16-11-12-17-22(13-16)29(14-15-5-1-2-6-15)21-10-3-7-18(24(17)21)25(28)30/h3-4,7-13,15H,1-2,5-6,14H2,(H2,28,30). The minimum atomic E-state index is -0.404. The molecule has 0 radical (unpaired) electrons. The largest absolute Gasteiger partial charge is 0.366 e. The monoisotopic (exact) mass is 436 g/mol. The van der Waals surface area contributed by atoms with Crippen LogP contribution in [0.2, 0.25) is 10.0 Å². The lowest BCUT2D eigenvalue weighted by molar-refractivity contribution is 0.100. The molecule has 1 heterocycles. The topological polar surface area (TPSA) is 48.0 Å². The van der Waals surface area contributed by atoms with Crippen LogP contribution in [-0.4, -0.2) is 10.5 Å². The highest BCUT2D eigenvalue weighted by Crippen LogP contribution is 2.40. The summed E-state index contributed by atoms with van der Waals surface area (Å²) in [4.78, 5) is 12.2. The zero-order valence-corrected chi connectivity index (χ0v) is 18.0. The minimum absolute atomic E-state index is 0.404. The van der Waals surface area contributed by atoms with Gasteiger partial charge in [0.25, 0.3) is 0 Å². The van der Waals surface area contributed by atoms with E-state index in [1.165, 1.54) is 25.7 Å². The first-order valence-corrected chi connectivity index (χ1v) is 11.1. The fourth-order valence-corrected chi connectivity index (χ4v) is 5.54. The van der Waals surface area contributed by atoms with Crippen molar-refractivity contribution in [2.75, 3.05) is 0 Å². The van der Waals surface area contributed by atoms with Crippen LogP contribution in [0.1, 0.15) is 36.0 Å². The average molecular weight is 437 g/mol. The van der Waals surface area contributed by atoms with Gasteiger partial charge in [0.15, 0.2) is 0 Å². The van der Waals surface area contributed by atoms with Crippen molar-refractivity contribution in [2.45, 2.75) is 32.2 Å². The van der Waals surface area contributed by atoms with Crippen molar-refractivity contribution < 1.29 is 4.79 Å². The van der Waals surface area contributed by atoms with Gasteiger partial charge in [-0.3, -0.25) is 4.79 Å². The molecule has 1 fully saturated rings. The summed E-state index contributed by atoms with van der Waals surface area (Å²) in [6, 6.07) is 17.6. The van der Waals surface area contributed by atoms with Gasteiger partial charge in [0.1, 0.15) is 0 Å². The Morgan fingerprint density at radius 1 is 0.967 bits per heavy atom. The lowest BCUT2D eigenvalue weighted by Gasteiger charge is -2.14. The van der Waals surface area contributed by atoms with Crippen LogP contribution in [-0.2, 0) is 6.54 Å². The molecule has 3 aromatic carbocycles. The summed E-state index contributed by atoms with van der Waals surface area (Å²) in [5.41, 5.74) is 10.2. The first-order valence-electron chi connectivity index (χ1n) is 10.3. The molecule has 0 saturated heterocycles. The molecule has 1 saturated carbocycles. The Morgan fingerprint density at radius 2 is 1.67 bits per heavy atom. The smallest absolute Gasteiger partial charge is 0.249 e. The van der Waals surface area contributed by atoms with Crippen LogP contribution in [0.25, 0.3) is 32.9 Å². The third-order valence-corrected chi connectivity index (χ3v) is 6.95. The number of benzene rings is 3. The van der Waals surface area contributed by atoms with E-state index in [4.69, 9.17) is 28.9 Å². The molecule has 152 valence electrons. The van der Waals surface area contributed by atoms with Crippen molar-refractivity contribution in [3.8, 4) is 11.1 Å². The Morgan fingerprint density at radius 3 is 2.37 bits per heavy atom. The molecule has 4 aromatic rings. The van der Waals surface area contributed by atoms with Gasteiger partial charge in [-0.25, -0.2) is 0 Å². The van der Waals surface area contributed by atoms with Crippen molar-refractivity contribution in [1.29, 1.82) is 0 Å². The van der Waals surface area contributed by atoms with Gasteiger partial charge in [0, 0.05) is 49.5 Å². The van der Waals surface area contributed by atoms with Crippen LogP contribution < -0.4 is 5.73 Å². The summed E-state index contributed by atoms with van der Waals surface area (Å²) >= 11 is 13.0. The van der Waals surface area contributed by atoms with Gasteiger partial charge in [-0.1, -0.05) is 60.3 Å². The van der Waals surface area contributed by atoms with Crippen LogP contribution in [0.15, 0.2) is 54.6 Å². The SMILES string of the molecule is NC(=O)c1cccc2c1c1ccc(-c3c(Cl)cccc3Cl)cc1n2CC1CCCC1. The highest BCUT2D eigenvalue weighted by atomic mass is 35.5. The number of aromatic nitrogens is 1. The van der Waals surface area contributed by atoms with Crippen LogP contribution >= 0.6 is 23.2 Å². The van der Waals surface area contributed by atoms with E-state index in [-0.39, 0.29) is 0 Å². The first-order chi connectivity index (χ1) is 14.5. The van der Waals surface area contributed by atoms with Crippen molar-refractivity contribution >= 4 is 50.9 Å². The van der Waals surface area contributed by atoms with Crippen molar-refractivity contribution in [3.63, 3.8) is 0 Å². The molecule has 0 atom stereocenters. The number of hydrogen-bond donors (Lipinski definition) is 1. The number of primary amides is 1. The van der Waals surface area contributed by atoms with Gasteiger partial charge in [-0.15, -0.1) is 0 Å². The molecule has 1 aliphatic carbocycles. The summed E-state index contributed by atoms with van der Waals surface area (Å²) < 4.78 is 2.35. The van der Waals surface area contributed by atoms with Crippen LogP contribution in [0.3, 0.4) is 0 Å². The second kappa shape index (κ2) is 7.64. The molecule has 0 aliphatic heterocycles. The predicted octanol–water partition coefficient (Wildman–Crippen LogP) is 7.06. The quantitative estimate of drug-likeness (QED) is 0.365. The summed E-state index contributed by atoms with van der Waals surface area (Å²) in [6.45, 7) is 0.932. The van der Waals surface area contributed by atoms with E-state index >= 15 is 0 Å². The van der Waals surface area contributed by atoms with Crippen LogP contribution in [0.5, 0.6) is 0 Å². The minimum Gasteiger partial charge on any atom is -0.366 e. The summed E-state index contributed by atoms with van der Waals surface area (Å²) in [5.74, 6) is 0.243. The molecule has 0 spiro atoms. The van der Waals surface area contributed by atoms with E-state index in [1.54, 1.807) is 0 Å². The average Bonchev–Trinajstić information content (AvgIpc) is 3.35. The van der Waals surface area contributed by atoms with E-state index in [0.29, 0.717) is 21.5 Å². The van der Waals surface area contributed by atoms with E-state index in [2.05, 4.69) is 22.8 Å². The second-order valence-corrected chi connectivity index (χ2v) is 8.97. The molecule has 1 amide bonds. The molecule has 0 unspecified atom stereocenters. The molecule has 5 rings (SSSR count). The lowest BCUT2D eigenvalue weighted by atomic mass is 10.0. The summed E-state index contributed by atoms with van der Waals surface area (Å²) in [7, 11) is 0. The van der Waals surface area contributed by atoms with Crippen molar-refractivity contribution in [1.82, 2.24) is 4.57 Å². The van der Waals surface area contributed by atoms with E-state index in [0.717, 1.165) is 39.5 Å². The fourth-order valence-electron chi connectivity index (χ4n) is 4.93. The summed E-state index contributed by atoms with van der Waals surface area (Å²) in [6.07, 6.45) is 5.06. The van der Waals surface area contributed by atoms with Gasteiger partial charge in [-0.05, 0) is 54.7 Å². The number of nitrogens with two attached hydrogens (primary N) is 1. The number of hydrogen-bond acceptors (Lipinski definition) is 1. The Labute approximate surface area is 185 Å².